The predicted molar refractivity (Wildman–Crippen MR) is 90.2 cm³/mol. The molecule has 3 rings (SSSR count). The zero-order chi connectivity index (χ0) is 17.2. The van der Waals surface area contributed by atoms with Crippen molar-refractivity contribution in [2.24, 2.45) is 0 Å². The van der Waals surface area contributed by atoms with Gasteiger partial charge < -0.3 is 15.2 Å². The summed E-state index contributed by atoms with van der Waals surface area (Å²) in [6.45, 7) is 2.62. The summed E-state index contributed by atoms with van der Waals surface area (Å²) in [5.74, 6) is -1.50. The molecule has 0 bridgehead atoms. The topological polar surface area (TPSA) is 88.5 Å². The number of aliphatic carboxylic acids is 1. The number of hydrogen-bond acceptors (Lipinski definition) is 5. The van der Waals surface area contributed by atoms with E-state index < -0.39 is 17.4 Å². The van der Waals surface area contributed by atoms with Crippen molar-refractivity contribution in [3.05, 3.63) is 40.9 Å². The highest BCUT2D eigenvalue weighted by Gasteiger charge is 2.42. The van der Waals surface area contributed by atoms with Crippen molar-refractivity contribution in [1.82, 2.24) is 10.3 Å². The van der Waals surface area contributed by atoms with Gasteiger partial charge in [-0.25, -0.2) is 9.78 Å². The fraction of sp³-hybridized carbons (Fsp3) is 0.353. The number of hydrogen-bond donors (Lipinski definition) is 2. The Hall–Kier alpha value is -2.25. The van der Waals surface area contributed by atoms with Gasteiger partial charge in [0.15, 0.2) is 0 Å². The average molecular weight is 346 g/mol. The van der Waals surface area contributed by atoms with Gasteiger partial charge in [0.2, 0.25) is 0 Å². The van der Waals surface area contributed by atoms with Crippen molar-refractivity contribution in [2.75, 3.05) is 13.2 Å². The predicted octanol–water partition coefficient (Wildman–Crippen LogP) is 2.48. The summed E-state index contributed by atoms with van der Waals surface area (Å²) in [6.07, 6.45) is 0.506. The number of carboxylic acids is 1. The van der Waals surface area contributed by atoms with E-state index in [0.29, 0.717) is 13.2 Å². The molecule has 2 heterocycles. The lowest BCUT2D eigenvalue weighted by molar-refractivity contribution is -0.148. The van der Waals surface area contributed by atoms with Gasteiger partial charge in [0.05, 0.1) is 0 Å². The summed E-state index contributed by atoms with van der Waals surface area (Å²) >= 11 is 1.37. The van der Waals surface area contributed by atoms with Gasteiger partial charge in [-0.05, 0) is 12.5 Å². The largest absolute Gasteiger partial charge is 0.480 e. The molecular formula is C17H18N2O4S. The van der Waals surface area contributed by atoms with Crippen molar-refractivity contribution < 1.29 is 19.4 Å². The van der Waals surface area contributed by atoms with Crippen LogP contribution in [0.4, 0.5) is 0 Å². The molecule has 24 heavy (non-hydrogen) atoms. The quantitative estimate of drug-likeness (QED) is 0.888. The Morgan fingerprint density at radius 3 is 2.67 bits per heavy atom. The number of benzene rings is 1. The first-order chi connectivity index (χ1) is 11.5. The molecule has 0 radical (unpaired) electrons. The summed E-state index contributed by atoms with van der Waals surface area (Å²) in [5, 5.41) is 14.6. The van der Waals surface area contributed by atoms with Crippen LogP contribution < -0.4 is 5.32 Å². The summed E-state index contributed by atoms with van der Waals surface area (Å²) in [7, 11) is 0. The Morgan fingerprint density at radius 1 is 1.29 bits per heavy atom. The van der Waals surface area contributed by atoms with Crippen LogP contribution in [0.25, 0.3) is 10.6 Å². The number of rotatable bonds is 4. The number of carbonyl (C=O) groups excluding carboxylic acids is 1. The highest BCUT2D eigenvalue weighted by molar-refractivity contribution is 7.13. The second-order valence-electron chi connectivity index (χ2n) is 5.81. The van der Waals surface area contributed by atoms with Crippen molar-refractivity contribution in [1.29, 1.82) is 0 Å². The highest BCUT2D eigenvalue weighted by atomic mass is 32.1. The van der Waals surface area contributed by atoms with E-state index in [4.69, 9.17) is 4.74 Å². The second kappa shape index (κ2) is 6.70. The van der Waals surface area contributed by atoms with E-state index in [2.05, 4.69) is 10.3 Å². The van der Waals surface area contributed by atoms with Gasteiger partial charge in [-0.15, -0.1) is 11.3 Å². The SMILES string of the molecule is Cc1ccccc1-c1nc(C(=O)NC2(C(=O)O)CCOCC2)cs1. The minimum Gasteiger partial charge on any atom is -0.480 e. The Kier molecular flexibility index (Phi) is 4.64. The van der Waals surface area contributed by atoms with Crippen LogP contribution >= 0.6 is 11.3 Å². The number of ether oxygens (including phenoxy) is 1. The van der Waals surface area contributed by atoms with Gasteiger partial charge in [-0.3, -0.25) is 4.79 Å². The van der Waals surface area contributed by atoms with Gasteiger partial charge in [0, 0.05) is 37.0 Å². The normalized spacial score (nSPS) is 16.5. The lowest BCUT2D eigenvalue weighted by atomic mass is 9.90. The molecule has 0 unspecified atom stereocenters. The molecular weight excluding hydrogens is 328 g/mol. The van der Waals surface area contributed by atoms with Gasteiger partial charge in [-0.1, -0.05) is 24.3 Å². The van der Waals surface area contributed by atoms with E-state index in [-0.39, 0.29) is 18.5 Å². The maximum absolute atomic E-state index is 12.5. The second-order valence-corrected chi connectivity index (χ2v) is 6.66. The highest BCUT2D eigenvalue weighted by Crippen LogP contribution is 2.27. The fourth-order valence-electron chi connectivity index (χ4n) is 2.71. The summed E-state index contributed by atoms with van der Waals surface area (Å²) < 4.78 is 5.21. The summed E-state index contributed by atoms with van der Waals surface area (Å²) in [5.41, 5.74) is 1.01. The lowest BCUT2D eigenvalue weighted by Crippen LogP contribution is -2.57. The Balaban J connectivity index is 1.81. The Morgan fingerprint density at radius 2 is 2.00 bits per heavy atom. The van der Waals surface area contributed by atoms with Crippen LogP contribution in [0.1, 0.15) is 28.9 Å². The van der Waals surface area contributed by atoms with E-state index in [0.717, 1.165) is 16.1 Å². The van der Waals surface area contributed by atoms with Gasteiger partial charge in [0.1, 0.15) is 16.2 Å². The molecule has 0 atom stereocenters. The number of nitrogens with zero attached hydrogens (tertiary/aromatic N) is 1. The van der Waals surface area contributed by atoms with Crippen molar-refractivity contribution >= 4 is 23.2 Å². The fourth-order valence-corrected chi connectivity index (χ4v) is 3.60. The molecule has 1 aliphatic heterocycles. The molecule has 0 spiro atoms. The lowest BCUT2D eigenvalue weighted by Gasteiger charge is -2.33. The third-order valence-corrected chi connectivity index (χ3v) is 5.10. The molecule has 6 nitrogen and oxygen atoms in total. The first kappa shape index (κ1) is 16.6. The molecule has 7 heteroatoms. The van der Waals surface area contributed by atoms with Crippen LogP contribution in [-0.4, -0.2) is 40.7 Å². The zero-order valence-corrected chi connectivity index (χ0v) is 14.1. The van der Waals surface area contributed by atoms with E-state index in [9.17, 15) is 14.7 Å². The number of carboxylic acid groups (broad SMARTS) is 1. The van der Waals surface area contributed by atoms with Crippen molar-refractivity contribution in [3.63, 3.8) is 0 Å². The molecule has 1 aromatic heterocycles. The number of thiazole rings is 1. The number of amides is 1. The van der Waals surface area contributed by atoms with E-state index in [1.807, 2.05) is 31.2 Å². The molecule has 1 aliphatic rings. The van der Waals surface area contributed by atoms with Crippen LogP contribution in [-0.2, 0) is 9.53 Å². The molecule has 1 saturated heterocycles. The Labute approximate surface area is 143 Å². The number of nitrogens with one attached hydrogen (secondary N) is 1. The van der Waals surface area contributed by atoms with Gasteiger partial charge >= 0.3 is 5.97 Å². The van der Waals surface area contributed by atoms with Crippen LogP contribution in [0.3, 0.4) is 0 Å². The van der Waals surface area contributed by atoms with E-state index >= 15 is 0 Å². The molecule has 1 aromatic carbocycles. The van der Waals surface area contributed by atoms with Crippen molar-refractivity contribution in [3.8, 4) is 10.6 Å². The Bertz CT molecular complexity index is 765. The minimum atomic E-state index is -1.28. The van der Waals surface area contributed by atoms with Crippen molar-refractivity contribution in [2.45, 2.75) is 25.3 Å². The molecule has 0 saturated carbocycles. The van der Waals surface area contributed by atoms with Crippen LogP contribution in [0, 0.1) is 6.92 Å². The molecule has 2 aromatic rings. The summed E-state index contributed by atoms with van der Waals surface area (Å²) in [6, 6.07) is 7.80. The van der Waals surface area contributed by atoms with Gasteiger partial charge in [-0.2, -0.15) is 0 Å². The van der Waals surface area contributed by atoms with Gasteiger partial charge in [0.25, 0.3) is 5.91 Å². The van der Waals surface area contributed by atoms with Crippen LogP contribution in [0.2, 0.25) is 0 Å². The summed E-state index contributed by atoms with van der Waals surface area (Å²) in [4.78, 5) is 28.5. The molecule has 2 N–H and O–H groups in total. The van der Waals surface area contributed by atoms with E-state index in [1.54, 1.807) is 5.38 Å². The molecule has 126 valence electrons. The zero-order valence-electron chi connectivity index (χ0n) is 13.2. The first-order valence-electron chi connectivity index (χ1n) is 7.67. The molecule has 1 fully saturated rings. The number of carbonyl (C=O) groups is 2. The maximum Gasteiger partial charge on any atom is 0.329 e. The monoisotopic (exact) mass is 346 g/mol. The molecule has 0 aliphatic carbocycles. The van der Waals surface area contributed by atoms with Crippen LogP contribution in [0.5, 0.6) is 0 Å². The first-order valence-corrected chi connectivity index (χ1v) is 8.55. The van der Waals surface area contributed by atoms with Crippen LogP contribution in [0.15, 0.2) is 29.6 Å². The minimum absolute atomic E-state index is 0.241. The molecule has 1 amide bonds. The average Bonchev–Trinajstić information content (AvgIpc) is 3.06. The maximum atomic E-state index is 12.5. The van der Waals surface area contributed by atoms with E-state index in [1.165, 1.54) is 11.3 Å². The third kappa shape index (κ3) is 3.18. The number of aromatic nitrogens is 1. The standard InChI is InChI=1S/C17H18N2O4S/c1-11-4-2-3-5-12(11)15-18-13(10-24-15)14(20)19-17(16(21)22)6-8-23-9-7-17/h2-5,10H,6-9H2,1H3,(H,19,20)(H,21,22). The third-order valence-electron chi connectivity index (χ3n) is 4.22. The number of aryl methyl sites for hydroxylation is 1. The smallest absolute Gasteiger partial charge is 0.329 e.